The number of halogens is 1. The Balaban J connectivity index is 1.85. The summed E-state index contributed by atoms with van der Waals surface area (Å²) in [5.41, 5.74) is 2.48. The van der Waals surface area contributed by atoms with Crippen LogP contribution in [0.25, 0.3) is 0 Å². The second-order valence-corrected chi connectivity index (χ2v) is 6.01. The summed E-state index contributed by atoms with van der Waals surface area (Å²) in [5, 5.41) is 3.41. The summed E-state index contributed by atoms with van der Waals surface area (Å²) in [5.74, 6) is 0.888. The summed E-state index contributed by atoms with van der Waals surface area (Å²) in [6, 6.07) is 16.9. The minimum absolute atomic E-state index is 0.510. The van der Waals surface area contributed by atoms with Crippen molar-refractivity contribution in [2.45, 2.75) is 33.0 Å². The van der Waals surface area contributed by atoms with Crippen LogP contribution in [0.4, 0.5) is 0 Å². The van der Waals surface area contributed by atoms with E-state index in [2.05, 4.69) is 59.4 Å². The Morgan fingerprint density at radius 1 is 0.950 bits per heavy atom. The average molecular weight is 334 g/mol. The van der Waals surface area contributed by atoms with Crippen molar-refractivity contribution in [2.75, 3.05) is 0 Å². The van der Waals surface area contributed by atoms with Crippen molar-refractivity contribution >= 4 is 15.9 Å². The molecule has 0 aliphatic heterocycles. The highest BCUT2D eigenvalue weighted by Crippen LogP contribution is 2.17. The first-order valence-corrected chi connectivity index (χ1v) is 7.62. The monoisotopic (exact) mass is 333 g/mol. The summed E-state index contributed by atoms with van der Waals surface area (Å²) >= 11 is 3.41. The van der Waals surface area contributed by atoms with Gasteiger partial charge in [0.2, 0.25) is 0 Å². The molecule has 0 unspecified atom stereocenters. The summed E-state index contributed by atoms with van der Waals surface area (Å²) in [4.78, 5) is 0. The Hall–Kier alpha value is -1.32. The predicted molar refractivity (Wildman–Crippen MR) is 86.9 cm³/mol. The fourth-order valence-electron chi connectivity index (χ4n) is 1.77. The summed E-state index contributed by atoms with van der Waals surface area (Å²) in [6.07, 6.45) is 0. The molecule has 3 heteroatoms. The molecule has 0 bridgehead atoms. The van der Waals surface area contributed by atoms with Crippen molar-refractivity contribution < 1.29 is 4.74 Å². The Bertz CT molecular complexity index is 520. The van der Waals surface area contributed by atoms with Gasteiger partial charge in [0, 0.05) is 17.1 Å². The van der Waals surface area contributed by atoms with Gasteiger partial charge in [-0.1, -0.05) is 54.0 Å². The molecule has 0 aromatic heterocycles. The van der Waals surface area contributed by atoms with E-state index in [1.807, 2.05) is 24.3 Å². The van der Waals surface area contributed by atoms with E-state index in [1.165, 1.54) is 11.1 Å². The van der Waals surface area contributed by atoms with Crippen LogP contribution in [0.3, 0.4) is 0 Å². The van der Waals surface area contributed by atoms with Crippen molar-refractivity contribution in [1.82, 2.24) is 5.32 Å². The Morgan fingerprint density at radius 2 is 1.55 bits per heavy atom. The second kappa shape index (κ2) is 7.46. The highest BCUT2D eigenvalue weighted by molar-refractivity contribution is 9.10. The van der Waals surface area contributed by atoms with E-state index < -0.39 is 0 Å². The van der Waals surface area contributed by atoms with Gasteiger partial charge in [-0.05, 0) is 35.4 Å². The maximum absolute atomic E-state index is 5.75. The van der Waals surface area contributed by atoms with Gasteiger partial charge in [0.25, 0.3) is 0 Å². The van der Waals surface area contributed by atoms with Gasteiger partial charge in [0.15, 0.2) is 0 Å². The molecular weight excluding hydrogens is 314 g/mol. The molecule has 2 aromatic carbocycles. The lowest BCUT2D eigenvalue weighted by molar-refractivity contribution is 0.306. The van der Waals surface area contributed by atoms with Gasteiger partial charge in [-0.15, -0.1) is 0 Å². The zero-order chi connectivity index (χ0) is 14.4. The van der Waals surface area contributed by atoms with Gasteiger partial charge in [-0.2, -0.15) is 0 Å². The van der Waals surface area contributed by atoms with Crippen molar-refractivity contribution in [1.29, 1.82) is 0 Å². The highest BCUT2D eigenvalue weighted by atomic mass is 79.9. The van der Waals surface area contributed by atoms with Gasteiger partial charge < -0.3 is 10.1 Å². The Labute approximate surface area is 129 Å². The van der Waals surface area contributed by atoms with Crippen LogP contribution in [0.1, 0.15) is 25.0 Å². The number of ether oxygens (including phenoxy) is 1. The van der Waals surface area contributed by atoms with Gasteiger partial charge in [-0.25, -0.2) is 0 Å². The molecule has 0 aliphatic rings. The van der Waals surface area contributed by atoms with Crippen LogP contribution in [0.15, 0.2) is 53.0 Å². The van der Waals surface area contributed by atoms with Crippen molar-refractivity contribution in [3.05, 3.63) is 64.1 Å². The van der Waals surface area contributed by atoms with E-state index in [1.54, 1.807) is 0 Å². The Morgan fingerprint density at radius 3 is 2.15 bits per heavy atom. The maximum atomic E-state index is 5.75. The van der Waals surface area contributed by atoms with E-state index in [4.69, 9.17) is 4.74 Å². The van der Waals surface area contributed by atoms with Crippen LogP contribution in [-0.2, 0) is 13.2 Å². The molecule has 0 spiro atoms. The van der Waals surface area contributed by atoms with Crippen LogP contribution in [0, 0.1) is 0 Å². The topological polar surface area (TPSA) is 21.3 Å². The van der Waals surface area contributed by atoms with Gasteiger partial charge in [0.1, 0.15) is 12.4 Å². The molecule has 2 nitrogen and oxygen atoms in total. The zero-order valence-electron chi connectivity index (χ0n) is 11.9. The van der Waals surface area contributed by atoms with Crippen LogP contribution in [0.5, 0.6) is 5.75 Å². The first-order chi connectivity index (χ1) is 9.63. The third-order valence-corrected chi connectivity index (χ3v) is 3.49. The first-order valence-electron chi connectivity index (χ1n) is 6.83. The molecular formula is C17H20BrNO. The third kappa shape index (κ3) is 4.99. The van der Waals surface area contributed by atoms with E-state index >= 15 is 0 Å². The molecule has 2 aromatic rings. The maximum Gasteiger partial charge on any atom is 0.119 e. The molecule has 0 radical (unpaired) electrons. The van der Waals surface area contributed by atoms with E-state index in [0.29, 0.717) is 12.6 Å². The van der Waals surface area contributed by atoms with E-state index in [-0.39, 0.29) is 0 Å². The Kier molecular flexibility index (Phi) is 5.62. The molecule has 20 heavy (non-hydrogen) atoms. The quantitative estimate of drug-likeness (QED) is 0.838. The lowest BCUT2D eigenvalue weighted by Gasteiger charge is -2.09. The lowest BCUT2D eigenvalue weighted by atomic mass is 10.1. The SMILES string of the molecule is CC(C)NCc1ccc(COc2ccc(Br)cc2)cc1. The molecule has 0 heterocycles. The fraction of sp³-hybridized carbons (Fsp3) is 0.294. The summed E-state index contributed by atoms with van der Waals surface area (Å²) in [7, 11) is 0. The highest BCUT2D eigenvalue weighted by Gasteiger charge is 1.98. The lowest BCUT2D eigenvalue weighted by Crippen LogP contribution is -2.21. The van der Waals surface area contributed by atoms with Crippen molar-refractivity contribution in [3.63, 3.8) is 0 Å². The molecule has 1 N–H and O–H groups in total. The van der Waals surface area contributed by atoms with Crippen molar-refractivity contribution in [3.8, 4) is 5.75 Å². The number of hydrogen-bond donors (Lipinski definition) is 1. The van der Waals surface area contributed by atoms with Gasteiger partial charge in [-0.3, -0.25) is 0 Å². The zero-order valence-corrected chi connectivity index (χ0v) is 13.5. The van der Waals surface area contributed by atoms with Gasteiger partial charge in [0.05, 0.1) is 0 Å². The standard InChI is InChI=1S/C17H20BrNO/c1-13(2)19-11-14-3-5-15(6-4-14)12-20-17-9-7-16(18)8-10-17/h3-10,13,19H,11-12H2,1-2H3. The molecule has 0 fully saturated rings. The fourth-order valence-corrected chi connectivity index (χ4v) is 2.04. The molecule has 0 amide bonds. The normalized spacial score (nSPS) is 10.8. The minimum atomic E-state index is 0.510. The predicted octanol–water partition coefficient (Wildman–Crippen LogP) is 4.53. The molecule has 106 valence electrons. The van der Waals surface area contributed by atoms with E-state index in [0.717, 1.165) is 16.8 Å². The van der Waals surface area contributed by atoms with Crippen molar-refractivity contribution in [2.24, 2.45) is 0 Å². The van der Waals surface area contributed by atoms with Crippen LogP contribution < -0.4 is 10.1 Å². The van der Waals surface area contributed by atoms with Crippen LogP contribution >= 0.6 is 15.9 Å². The molecule has 0 aliphatic carbocycles. The summed E-state index contributed by atoms with van der Waals surface area (Å²) < 4.78 is 6.81. The first kappa shape index (κ1) is 15.1. The smallest absolute Gasteiger partial charge is 0.119 e. The number of rotatable bonds is 6. The van der Waals surface area contributed by atoms with Crippen LogP contribution in [-0.4, -0.2) is 6.04 Å². The third-order valence-electron chi connectivity index (χ3n) is 2.96. The largest absolute Gasteiger partial charge is 0.489 e. The summed E-state index contributed by atoms with van der Waals surface area (Å²) in [6.45, 7) is 5.81. The molecule has 0 saturated heterocycles. The van der Waals surface area contributed by atoms with E-state index in [9.17, 15) is 0 Å². The molecule has 0 saturated carbocycles. The molecule has 2 rings (SSSR count). The number of benzene rings is 2. The molecule has 0 atom stereocenters. The average Bonchev–Trinajstić information content (AvgIpc) is 2.45. The van der Waals surface area contributed by atoms with Crippen LogP contribution in [0.2, 0.25) is 0 Å². The van der Waals surface area contributed by atoms with Gasteiger partial charge >= 0.3 is 0 Å². The number of hydrogen-bond acceptors (Lipinski definition) is 2. The number of nitrogens with one attached hydrogen (secondary N) is 1. The second-order valence-electron chi connectivity index (χ2n) is 5.09. The minimum Gasteiger partial charge on any atom is -0.489 e.